The van der Waals surface area contributed by atoms with E-state index in [-0.39, 0.29) is 29.9 Å². The molecule has 2 N–H and O–H groups in total. The molecule has 0 spiro atoms. The van der Waals surface area contributed by atoms with Gasteiger partial charge in [-0.2, -0.15) is 0 Å². The topological polar surface area (TPSA) is 44.5 Å². The van der Waals surface area contributed by atoms with Crippen molar-refractivity contribution < 1.29 is 18.3 Å². The van der Waals surface area contributed by atoms with Gasteiger partial charge in [0.2, 0.25) is 0 Å². The molecule has 18 heavy (non-hydrogen) atoms. The van der Waals surface area contributed by atoms with E-state index in [0.29, 0.717) is 18.4 Å². The molecule has 6 heteroatoms. The molecule has 1 aromatic rings. The molecule has 1 aliphatic heterocycles. The number of hydrogen-bond acceptors (Lipinski definition) is 3. The van der Waals surface area contributed by atoms with Crippen LogP contribution in [-0.4, -0.2) is 6.29 Å². The van der Waals surface area contributed by atoms with E-state index in [4.69, 9.17) is 5.73 Å². The zero-order valence-corrected chi connectivity index (χ0v) is 10.4. The Labute approximate surface area is 110 Å². The predicted octanol–water partition coefficient (Wildman–Crippen LogP) is 3.40. The number of nitrogens with two attached hydrogens (primary N) is 1. The van der Waals surface area contributed by atoms with Gasteiger partial charge in [0.25, 0.3) is 0 Å². The van der Waals surface area contributed by atoms with Crippen molar-refractivity contribution >= 4 is 12.4 Å². The Morgan fingerprint density at radius 2 is 2.11 bits per heavy atom. The highest BCUT2D eigenvalue weighted by Crippen LogP contribution is 2.45. The van der Waals surface area contributed by atoms with Crippen LogP contribution in [0.3, 0.4) is 0 Å². The summed E-state index contributed by atoms with van der Waals surface area (Å²) < 4.78 is 34.7. The van der Waals surface area contributed by atoms with E-state index >= 15 is 0 Å². The largest absolute Gasteiger partial charge is 0.586 e. The Bertz CT molecular complexity index is 440. The van der Waals surface area contributed by atoms with E-state index in [1.165, 1.54) is 6.07 Å². The Balaban J connectivity index is 0.00000162. The normalized spacial score (nSPS) is 16.8. The van der Waals surface area contributed by atoms with Gasteiger partial charge in [0, 0.05) is 11.6 Å². The lowest BCUT2D eigenvalue weighted by Gasteiger charge is -2.13. The molecule has 0 bridgehead atoms. The zero-order valence-electron chi connectivity index (χ0n) is 9.57. The van der Waals surface area contributed by atoms with Crippen LogP contribution in [0.2, 0.25) is 0 Å². The third-order valence-electron chi connectivity index (χ3n) is 2.54. The standard InChI is InChI=1S/C12H13F2NO2.ClH/c1-2-3-6-9(15)8-5-4-7-10-11(8)17-12(13,14)16-10;/h2,4-5,7,9H,1,3,6,15H2;1H/t9-;/m1./s1. The fourth-order valence-electron chi connectivity index (χ4n) is 1.73. The number of alkyl halides is 2. The van der Waals surface area contributed by atoms with E-state index in [1.807, 2.05) is 0 Å². The predicted molar refractivity (Wildman–Crippen MR) is 66.3 cm³/mol. The second kappa shape index (κ2) is 5.54. The molecule has 1 heterocycles. The van der Waals surface area contributed by atoms with E-state index in [0.717, 1.165) is 0 Å². The first-order valence-corrected chi connectivity index (χ1v) is 5.29. The molecule has 2 rings (SSSR count). The van der Waals surface area contributed by atoms with Gasteiger partial charge < -0.3 is 15.2 Å². The number of rotatable bonds is 4. The van der Waals surface area contributed by atoms with Crippen LogP contribution in [0.1, 0.15) is 24.4 Å². The number of hydrogen-bond donors (Lipinski definition) is 1. The molecule has 1 aromatic carbocycles. The monoisotopic (exact) mass is 277 g/mol. The first-order chi connectivity index (χ1) is 8.03. The van der Waals surface area contributed by atoms with Crippen molar-refractivity contribution in [2.24, 2.45) is 5.73 Å². The summed E-state index contributed by atoms with van der Waals surface area (Å²) >= 11 is 0. The molecule has 0 saturated carbocycles. The SMILES string of the molecule is C=CCC[C@@H](N)c1cccc2c1OC(F)(F)O2.Cl. The number of benzene rings is 1. The lowest BCUT2D eigenvalue weighted by molar-refractivity contribution is -0.287. The van der Waals surface area contributed by atoms with Gasteiger partial charge in [-0.25, -0.2) is 0 Å². The maximum atomic E-state index is 12.9. The van der Waals surface area contributed by atoms with Gasteiger partial charge in [-0.1, -0.05) is 18.2 Å². The van der Waals surface area contributed by atoms with Crippen molar-refractivity contribution in [1.82, 2.24) is 0 Å². The van der Waals surface area contributed by atoms with Crippen LogP contribution < -0.4 is 15.2 Å². The summed E-state index contributed by atoms with van der Waals surface area (Å²) in [6.07, 6.45) is -0.539. The third-order valence-corrected chi connectivity index (χ3v) is 2.54. The van der Waals surface area contributed by atoms with Crippen molar-refractivity contribution in [3.8, 4) is 11.5 Å². The summed E-state index contributed by atoms with van der Waals surface area (Å²) in [5.41, 5.74) is 6.44. The fraction of sp³-hybridized carbons (Fsp3) is 0.333. The Kier molecular flexibility index (Phi) is 4.53. The minimum atomic E-state index is -3.60. The van der Waals surface area contributed by atoms with Gasteiger partial charge in [-0.15, -0.1) is 27.8 Å². The number of fused-ring (bicyclic) bond motifs is 1. The minimum Gasteiger partial charge on any atom is -0.395 e. The van der Waals surface area contributed by atoms with E-state index < -0.39 is 6.29 Å². The highest BCUT2D eigenvalue weighted by Gasteiger charge is 2.44. The van der Waals surface area contributed by atoms with Gasteiger partial charge in [0.05, 0.1) is 0 Å². The molecular formula is C12H14ClF2NO2. The molecule has 0 saturated heterocycles. The highest BCUT2D eigenvalue weighted by molar-refractivity contribution is 5.85. The highest BCUT2D eigenvalue weighted by atomic mass is 35.5. The summed E-state index contributed by atoms with van der Waals surface area (Å²) in [7, 11) is 0. The maximum absolute atomic E-state index is 12.9. The van der Waals surface area contributed by atoms with Gasteiger partial charge >= 0.3 is 6.29 Å². The van der Waals surface area contributed by atoms with Crippen LogP contribution >= 0.6 is 12.4 Å². The molecule has 0 aromatic heterocycles. The molecule has 3 nitrogen and oxygen atoms in total. The second-order valence-corrected chi connectivity index (χ2v) is 3.81. The van der Waals surface area contributed by atoms with Crippen molar-refractivity contribution in [3.63, 3.8) is 0 Å². The average molecular weight is 278 g/mol. The van der Waals surface area contributed by atoms with Crippen molar-refractivity contribution in [1.29, 1.82) is 0 Å². The third kappa shape index (κ3) is 2.91. The fourth-order valence-corrected chi connectivity index (χ4v) is 1.73. The first-order valence-electron chi connectivity index (χ1n) is 5.29. The molecule has 0 unspecified atom stereocenters. The molecule has 0 fully saturated rings. The summed E-state index contributed by atoms with van der Waals surface area (Å²) in [5.74, 6) is 0.0654. The Morgan fingerprint density at radius 3 is 2.78 bits per heavy atom. The average Bonchev–Trinajstić information content (AvgIpc) is 2.59. The number of allylic oxidation sites excluding steroid dienone is 1. The van der Waals surface area contributed by atoms with Gasteiger partial charge in [-0.05, 0) is 18.9 Å². The lowest BCUT2D eigenvalue weighted by Crippen LogP contribution is -2.26. The van der Waals surface area contributed by atoms with Crippen LogP contribution in [0, 0.1) is 0 Å². The van der Waals surface area contributed by atoms with Crippen LogP contribution in [0.4, 0.5) is 8.78 Å². The maximum Gasteiger partial charge on any atom is 0.586 e. The van der Waals surface area contributed by atoms with Crippen molar-refractivity contribution in [2.75, 3.05) is 0 Å². The lowest BCUT2D eigenvalue weighted by atomic mass is 10.0. The summed E-state index contributed by atoms with van der Waals surface area (Å²) in [6.45, 7) is 3.59. The molecule has 0 amide bonds. The molecule has 1 atom stereocenters. The van der Waals surface area contributed by atoms with E-state index in [2.05, 4.69) is 16.1 Å². The molecule has 0 aliphatic carbocycles. The van der Waals surface area contributed by atoms with Gasteiger partial charge in [0.1, 0.15) is 0 Å². The molecule has 0 radical (unpaired) electrons. The summed E-state index contributed by atoms with van der Waals surface area (Å²) in [4.78, 5) is 0. The first kappa shape index (κ1) is 14.7. The number of ether oxygens (including phenoxy) is 2. The van der Waals surface area contributed by atoms with Crippen LogP contribution in [-0.2, 0) is 0 Å². The van der Waals surface area contributed by atoms with Crippen molar-refractivity contribution in [3.05, 3.63) is 36.4 Å². The molecule has 100 valence electrons. The second-order valence-electron chi connectivity index (χ2n) is 3.81. The van der Waals surface area contributed by atoms with Crippen molar-refractivity contribution in [2.45, 2.75) is 25.2 Å². The smallest absolute Gasteiger partial charge is 0.395 e. The molecular weight excluding hydrogens is 264 g/mol. The van der Waals surface area contributed by atoms with Gasteiger partial charge in [0.15, 0.2) is 11.5 Å². The van der Waals surface area contributed by atoms with Crippen LogP contribution in [0.25, 0.3) is 0 Å². The minimum absolute atomic E-state index is 0. The van der Waals surface area contributed by atoms with Crippen LogP contribution in [0.15, 0.2) is 30.9 Å². The molecule has 1 aliphatic rings. The van der Waals surface area contributed by atoms with E-state index in [9.17, 15) is 8.78 Å². The van der Waals surface area contributed by atoms with Gasteiger partial charge in [-0.3, -0.25) is 0 Å². The number of halogens is 3. The summed E-state index contributed by atoms with van der Waals surface area (Å²) in [5, 5.41) is 0. The summed E-state index contributed by atoms with van der Waals surface area (Å²) in [6, 6.07) is 4.34. The number of para-hydroxylation sites is 1. The zero-order chi connectivity index (χ0) is 12.5. The van der Waals surface area contributed by atoms with E-state index in [1.54, 1.807) is 18.2 Å². The van der Waals surface area contributed by atoms with Crippen LogP contribution in [0.5, 0.6) is 11.5 Å². The Morgan fingerprint density at radius 1 is 1.39 bits per heavy atom. The Hall–Kier alpha value is -1.33. The quantitative estimate of drug-likeness (QED) is 0.858.